The molecule has 5 nitrogen and oxygen atoms in total. The molecule has 0 bridgehead atoms. The van der Waals surface area contributed by atoms with Crippen molar-refractivity contribution in [2.75, 3.05) is 19.1 Å². The van der Waals surface area contributed by atoms with E-state index < -0.39 is 18.3 Å². The SMILES string of the molecule is COc1cc2c(cc1B1OC(C)(C)C(C)(C)O1)CCC(=O)N2C. The Morgan fingerprint density at radius 3 is 2.30 bits per heavy atom. The number of amides is 1. The van der Waals surface area contributed by atoms with E-state index in [1.807, 2.05) is 33.8 Å². The zero-order valence-electron chi connectivity index (χ0n) is 14.7. The zero-order valence-corrected chi connectivity index (χ0v) is 14.7. The van der Waals surface area contributed by atoms with E-state index in [1.54, 1.807) is 19.1 Å². The van der Waals surface area contributed by atoms with Crippen LogP contribution < -0.4 is 15.1 Å². The fourth-order valence-electron chi connectivity index (χ4n) is 3.02. The van der Waals surface area contributed by atoms with Gasteiger partial charge in [0.2, 0.25) is 5.91 Å². The Morgan fingerprint density at radius 2 is 1.74 bits per heavy atom. The Kier molecular flexibility index (Phi) is 3.73. The van der Waals surface area contributed by atoms with E-state index in [1.165, 1.54) is 0 Å². The van der Waals surface area contributed by atoms with Gasteiger partial charge < -0.3 is 18.9 Å². The molecule has 6 heteroatoms. The van der Waals surface area contributed by atoms with Crippen LogP contribution in [0.5, 0.6) is 5.75 Å². The summed E-state index contributed by atoms with van der Waals surface area (Å²) in [7, 11) is 2.96. The summed E-state index contributed by atoms with van der Waals surface area (Å²) < 4.78 is 17.8. The van der Waals surface area contributed by atoms with Gasteiger partial charge in [0.05, 0.1) is 24.0 Å². The lowest BCUT2D eigenvalue weighted by Gasteiger charge is -2.32. The molecule has 0 aliphatic carbocycles. The monoisotopic (exact) mass is 317 g/mol. The van der Waals surface area contributed by atoms with Gasteiger partial charge >= 0.3 is 7.12 Å². The molecule has 0 N–H and O–H groups in total. The van der Waals surface area contributed by atoms with E-state index >= 15 is 0 Å². The van der Waals surface area contributed by atoms with Gasteiger partial charge in [0, 0.05) is 25.0 Å². The fourth-order valence-corrected chi connectivity index (χ4v) is 3.02. The Balaban J connectivity index is 2.03. The van der Waals surface area contributed by atoms with Gasteiger partial charge in [0.1, 0.15) is 5.75 Å². The molecule has 1 fully saturated rings. The first kappa shape index (κ1) is 16.3. The van der Waals surface area contributed by atoms with Crippen LogP contribution in [0.4, 0.5) is 5.69 Å². The molecular weight excluding hydrogens is 293 g/mol. The van der Waals surface area contributed by atoms with Crippen LogP contribution in [0.15, 0.2) is 12.1 Å². The van der Waals surface area contributed by atoms with Crippen LogP contribution in [0.1, 0.15) is 39.7 Å². The van der Waals surface area contributed by atoms with Gasteiger partial charge in [-0.05, 0) is 39.7 Å². The number of anilines is 1. The highest BCUT2D eigenvalue weighted by Crippen LogP contribution is 2.38. The Bertz CT molecular complexity index is 640. The summed E-state index contributed by atoms with van der Waals surface area (Å²) >= 11 is 0. The van der Waals surface area contributed by atoms with Gasteiger partial charge in [0.15, 0.2) is 0 Å². The molecule has 0 unspecified atom stereocenters. The Hall–Kier alpha value is -1.53. The minimum absolute atomic E-state index is 0.128. The van der Waals surface area contributed by atoms with Gasteiger partial charge in [-0.3, -0.25) is 4.79 Å². The second-order valence-electron chi connectivity index (χ2n) is 7.26. The number of benzene rings is 1. The number of aryl methyl sites for hydroxylation is 1. The third-order valence-electron chi connectivity index (χ3n) is 5.28. The minimum Gasteiger partial charge on any atom is -0.497 e. The third kappa shape index (κ3) is 2.54. The lowest BCUT2D eigenvalue weighted by Crippen LogP contribution is -2.41. The quantitative estimate of drug-likeness (QED) is 0.782. The molecule has 23 heavy (non-hydrogen) atoms. The number of fused-ring (bicyclic) bond motifs is 1. The van der Waals surface area contributed by atoms with E-state index in [-0.39, 0.29) is 5.91 Å². The molecule has 0 aromatic heterocycles. The molecule has 0 radical (unpaired) electrons. The van der Waals surface area contributed by atoms with E-state index in [2.05, 4.69) is 6.07 Å². The summed E-state index contributed by atoms with van der Waals surface area (Å²) in [4.78, 5) is 13.6. The van der Waals surface area contributed by atoms with Crippen molar-refractivity contribution in [1.82, 2.24) is 0 Å². The van der Waals surface area contributed by atoms with E-state index in [4.69, 9.17) is 14.0 Å². The summed E-state index contributed by atoms with van der Waals surface area (Å²) in [5, 5.41) is 0. The van der Waals surface area contributed by atoms with Crippen molar-refractivity contribution >= 4 is 24.2 Å². The highest BCUT2D eigenvalue weighted by atomic mass is 16.7. The molecule has 1 saturated heterocycles. The number of hydrogen-bond acceptors (Lipinski definition) is 4. The summed E-state index contributed by atoms with van der Waals surface area (Å²) in [5.74, 6) is 0.812. The van der Waals surface area contributed by atoms with Gasteiger partial charge in [-0.1, -0.05) is 6.07 Å². The molecule has 124 valence electrons. The highest BCUT2D eigenvalue weighted by molar-refractivity contribution is 6.63. The van der Waals surface area contributed by atoms with Crippen molar-refractivity contribution in [3.8, 4) is 5.75 Å². The van der Waals surface area contributed by atoms with Crippen molar-refractivity contribution < 1.29 is 18.8 Å². The number of rotatable bonds is 2. The van der Waals surface area contributed by atoms with E-state index in [0.717, 1.165) is 23.1 Å². The van der Waals surface area contributed by atoms with Crippen molar-refractivity contribution in [1.29, 1.82) is 0 Å². The lowest BCUT2D eigenvalue weighted by molar-refractivity contribution is -0.118. The lowest BCUT2D eigenvalue weighted by atomic mass is 9.76. The largest absolute Gasteiger partial charge is 0.498 e. The molecule has 1 aromatic carbocycles. The van der Waals surface area contributed by atoms with Crippen LogP contribution in [0.25, 0.3) is 0 Å². The summed E-state index contributed by atoms with van der Waals surface area (Å²) in [6.07, 6.45) is 1.26. The zero-order chi connectivity index (χ0) is 17.0. The molecule has 2 heterocycles. The molecule has 2 aliphatic heterocycles. The number of carbonyl (C=O) groups excluding carboxylic acids is 1. The molecule has 2 aliphatic rings. The predicted octanol–water partition coefficient (Wildman–Crippen LogP) is 1.90. The standard InChI is InChI=1S/C17H24BNO4/c1-16(2)17(3,4)23-18(22-16)12-9-11-7-8-15(20)19(5)13(11)10-14(12)21-6/h9-10H,7-8H2,1-6H3. The number of carbonyl (C=O) groups is 1. The number of hydrogen-bond donors (Lipinski definition) is 0. The average molecular weight is 317 g/mol. The van der Waals surface area contributed by atoms with Crippen LogP contribution in [0.2, 0.25) is 0 Å². The normalized spacial score (nSPS) is 22.3. The Morgan fingerprint density at radius 1 is 1.13 bits per heavy atom. The van der Waals surface area contributed by atoms with Crippen LogP contribution in [-0.4, -0.2) is 38.4 Å². The van der Waals surface area contributed by atoms with Crippen molar-refractivity contribution in [2.24, 2.45) is 0 Å². The first-order chi connectivity index (χ1) is 10.7. The minimum atomic E-state index is -0.469. The maximum absolute atomic E-state index is 11.9. The van der Waals surface area contributed by atoms with Crippen molar-refractivity contribution in [3.05, 3.63) is 17.7 Å². The maximum Gasteiger partial charge on any atom is 0.498 e. The Labute approximate surface area is 138 Å². The van der Waals surface area contributed by atoms with Crippen LogP contribution in [-0.2, 0) is 20.5 Å². The number of methoxy groups -OCH3 is 1. The summed E-state index contributed by atoms with van der Waals surface area (Å²) in [5.41, 5.74) is 2.11. The van der Waals surface area contributed by atoms with Gasteiger partial charge in [-0.2, -0.15) is 0 Å². The second kappa shape index (κ2) is 5.25. The third-order valence-corrected chi connectivity index (χ3v) is 5.28. The number of ether oxygens (including phenoxy) is 1. The molecule has 0 atom stereocenters. The first-order valence-corrected chi connectivity index (χ1v) is 7.99. The van der Waals surface area contributed by atoms with Gasteiger partial charge in [-0.15, -0.1) is 0 Å². The fraction of sp³-hybridized carbons (Fsp3) is 0.588. The van der Waals surface area contributed by atoms with Crippen LogP contribution in [0.3, 0.4) is 0 Å². The topological polar surface area (TPSA) is 48.0 Å². The van der Waals surface area contributed by atoms with Crippen LogP contribution in [0, 0.1) is 0 Å². The number of nitrogens with zero attached hydrogens (tertiary/aromatic N) is 1. The molecular formula is C17H24BNO4. The summed E-state index contributed by atoms with van der Waals surface area (Å²) in [6, 6.07) is 3.96. The summed E-state index contributed by atoms with van der Waals surface area (Å²) in [6.45, 7) is 8.13. The molecule has 1 amide bonds. The van der Waals surface area contributed by atoms with Gasteiger partial charge in [0.25, 0.3) is 0 Å². The smallest absolute Gasteiger partial charge is 0.497 e. The second-order valence-corrected chi connectivity index (χ2v) is 7.26. The van der Waals surface area contributed by atoms with E-state index in [0.29, 0.717) is 12.2 Å². The van der Waals surface area contributed by atoms with Gasteiger partial charge in [-0.25, -0.2) is 0 Å². The maximum atomic E-state index is 11.9. The van der Waals surface area contributed by atoms with Crippen molar-refractivity contribution in [3.63, 3.8) is 0 Å². The van der Waals surface area contributed by atoms with Crippen LogP contribution >= 0.6 is 0 Å². The average Bonchev–Trinajstić information content (AvgIpc) is 2.70. The molecule has 0 spiro atoms. The van der Waals surface area contributed by atoms with Crippen molar-refractivity contribution in [2.45, 2.75) is 51.7 Å². The molecule has 3 rings (SSSR count). The predicted molar refractivity (Wildman–Crippen MR) is 90.4 cm³/mol. The molecule has 0 saturated carbocycles. The highest BCUT2D eigenvalue weighted by Gasteiger charge is 2.52. The van der Waals surface area contributed by atoms with E-state index in [9.17, 15) is 4.79 Å². The first-order valence-electron chi connectivity index (χ1n) is 7.99. The molecule has 1 aromatic rings.